The first-order chi connectivity index (χ1) is 17.5. The maximum Gasteiger partial charge on any atom is 0.207 e. The summed E-state index contributed by atoms with van der Waals surface area (Å²) in [4.78, 5) is 0.207. The Kier molecular flexibility index (Phi) is 7.45. The van der Waals surface area contributed by atoms with Crippen molar-refractivity contribution in [3.63, 3.8) is 0 Å². The second kappa shape index (κ2) is 10.6. The lowest BCUT2D eigenvalue weighted by Gasteiger charge is -2.18. The molecule has 4 aromatic rings. The number of phenols is 2. The first kappa shape index (κ1) is 26.1. The van der Waals surface area contributed by atoms with E-state index in [-0.39, 0.29) is 33.5 Å². The molecule has 4 aromatic carbocycles. The zero-order valence-electron chi connectivity index (χ0n) is 21.2. The van der Waals surface area contributed by atoms with E-state index in [9.17, 15) is 18.6 Å². The molecule has 0 aliphatic rings. The molecule has 37 heavy (non-hydrogen) atoms. The van der Waals surface area contributed by atoms with Crippen molar-refractivity contribution >= 4 is 9.84 Å². The van der Waals surface area contributed by atoms with E-state index >= 15 is 0 Å². The van der Waals surface area contributed by atoms with Gasteiger partial charge in [-0.05, 0) is 99.5 Å². The van der Waals surface area contributed by atoms with Crippen LogP contribution in [0.1, 0.15) is 27.7 Å². The van der Waals surface area contributed by atoms with Crippen LogP contribution < -0.4 is 9.47 Å². The van der Waals surface area contributed by atoms with E-state index in [0.29, 0.717) is 33.8 Å². The summed E-state index contributed by atoms with van der Waals surface area (Å²) >= 11 is 0. The summed E-state index contributed by atoms with van der Waals surface area (Å²) in [5.41, 5.74) is 2.16. The predicted octanol–water partition coefficient (Wildman–Crippen LogP) is 6.84. The zero-order valence-corrected chi connectivity index (χ0v) is 22.0. The van der Waals surface area contributed by atoms with Gasteiger partial charge < -0.3 is 19.7 Å². The van der Waals surface area contributed by atoms with Gasteiger partial charge in [0.25, 0.3) is 0 Å². The van der Waals surface area contributed by atoms with Gasteiger partial charge in [-0.25, -0.2) is 8.42 Å². The Balaban J connectivity index is 1.94. The van der Waals surface area contributed by atoms with Crippen molar-refractivity contribution in [3.05, 3.63) is 84.9 Å². The van der Waals surface area contributed by atoms with E-state index in [4.69, 9.17) is 9.47 Å². The Hall–Kier alpha value is -3.97. The van der Waals surface area contributed by atoms with Crippen LogP contribution in [-0.2, 0) is 9.84 Å². The normalized spacial score (nSPS) is 11.6. The number of sulfone groups is 1. The number of hydrogen-bond acceptors (Lipinski definition) is 6. The van der Waals surface area contributed by atoms with Crippen molar-refractivity contribution in [1.29, 1.82) is 0 Å². The molecule has 0 spiro atoms. The van der Waals surface area contributed by atoms with Gasteiger partial charge in [0, 0.05) is 11.1 Å². The highest BCUT2D eigenvalue weighted by Crippen LogP contribution is 2.40. The molecule has 7 heteroatoms. The lowest BCUT2D eigenvalue weighted by atomic mass is 10.0. The van der Waals surface area contributed by atoms with E-state index < -0.39 is 9.84 Å². The van der Waals surface area contributed by atoms with Crippen LogP contribution in [0.4, 0.5) is 0 Å². The van der Waals surface area contributed by atoms with Crippen LogP contribution in [-0.4, -0.2) is 30.8 Å². The second-order valence-electron chi connectivity index (χ2n) is 9.25. The minimum atomic E-state index is -4.04. The zero-order chi connectivity index (χ0) is 26.7. The Bertz CT molecular complexity index is 1380. The number of benzene rings is 4. The number of phenolic OH excluding ortho intramolecular Hbond substituents is 2. The predicted molar refractivity (Wildman–Crippen MR) is 144 cm³/mol. The van der Waals surface area contributed by atoms with Crippen molar-refractivity contribution in [3.8, 4) is 45.3 Å². The molecule has 0 radical (unpaired) electrons. The molecule has 0 bridgehead atoms. The third-order valence-electron chi connectivity index (χ3n) is 5.58. The number of hydrogen-bond donors (Lipinski definition) is 2. The lowest BCUT2D eigenvalue weighted by Crippen LogP contribution is -2.09. The van der Waals surface area contributed by atoms with Crippen molar-refractivity contribution in [2.24, 2.45) is 0 Å². The molecule has 192 valence electrons. The van der Waals surface area contributed by atoms with Gasteiger partial charge in [0.2, 0.25) is 9.84 Å². The van der Waals surface area contributed by atoms with Crippen molar-refractivity contribution in [1.82, 2.24) is 0 Å². The maximum atomic E-state index is 14.2. The van der Waals surface area contributed by atoms with E-state index in [2.05, 4.69) is 0 Å². The minimum absolute atomic E-state index is 0.0816. The first-order valence-electron chi connectivity index (χ1n) is 12.0. The fraction of sp³-hybridized carbons (Fsp3) is 0.200. The molecule has 0 aromatic heterocycles. The highest BCUT2D eigenvalue weighted by molar-refractivity contribution is 7.91. The summed E-state index contributed by atoms with van der Waals surface area (Å²) in [5.74, 6) is 1.24. The van der Waals surface area contributed by atoms with E-state index in [1.165, 1.54) is 24.3 Å². The highest BCUT2D eigenvalue weighted by atomic mass is 32.2. The molecule has 4 rings (SSSR count). The Labute approximate surface area is 217 Å². The molecule has 0 heterocycles. The third-order valence-corrected chi connectivity index (χ3v) is 7.45. The van der Waals surface area contributed by atoms with Gasteiger partial charge in [0.05, 0.1) is 22.0 Å². The molecular weight excluding hydrogens is 488 g/mol. The summed E-state index contributed by atoms with van der Waals surface area (Å²) in [6, 6.07) is 22.5. The quantitative estimate of drug-likeness (QED) is 0.265. The van der Waals surface area contributed by atoms with Crippen molar-refractivity contribution in [2.45, 2.75) is 49.7 Å². The SMILES string of the molecule is CC(C)Oc1ccc(S(=O)(=O)c2ccc(OC(C)C)cc2-c2ccc(O)cc2)c(-c2ccc(O)cc2)c1. The minimum Gasteiger partial charge on any atom is -0.508 e. The van der Waals surface area contributed by atoms with Crippen LogP contribution in [0.25, 0.3) is 22.3 Å². The van der Waals surface area contributed by atoms with Gasteiger partial charge in [0.15, 0.2) is 0 Å². The Morgan fingerprint density at radius 2 is 0.919 bits per heavy atom. The van der Waals surface area contributed by atoms with Gasteiger partial charge in [0.1, 0.15) is 23.0 Å². The molecule has 0 fully saturated rings. The van der Waals surface area contributed by atoms with Crippen molar-refractivity contribution < 1.29 is 28.1 Å². The van der Waals surface area contributed by atoms with Crippen LogP contribution >= 0.6 is 0 Å². The summed E-state index contributed by atoms with van der Waals surface area (Å²) in [7, 11) is -4.04. The summed E-state index contributed by atoms with van der Waals surface area (Å²) in [6.07, 6.45) is -0.186. The first-order valence-corrected chi connectivity index (χ1v) is 13.5. The summed E-state index contributed by atoms with van der Waals surface area (Å²) in [5, 5.41) is 19.6. The van der Waals surface area contributed by atoms with Crippen LogP contribution in [0, 0.1) is 0 Å². The monoisotopic (exact) mass is 518 g/mol. The summed E-state index contributed by atoms with van der Waals surface area (Å²) < 4.78 is 40.2. The topological polar surface area (TPSA) is 93.1 Å². The van der Waals surface area contributed by atoms with Crippen molar-refractivity contribution in [2.75, 3.05) is 0 Å². The second-order valence-corrected chi connectivity index (χ2v) is 11.1. The van der Waals surface area contributed by atoms with Crippen LogP contribution in [0.5, 0.6) is 23.0 Å². The fourth-order valence-corrected chi connectivity index (χ4v) is 5.69. The van der Waals surface area contributed by atoms with Crippen LogP contribution in [0.3, 0.4) is 0 Å². The smallest absolute Gasteiger partial charge is 0.207 e. The summed E-state index contributed by atoms with van der Waals surface area (Å²) in [6.45, 7) is 7.59. The fourth-order valence-electron chi connectivity index (χ4n) is 4.03. The van der Waals surface area contributed by atoms with Gasteiger partial charge in [-0.15, -0.1) is 0 Å². The molecule has 0 aliphatic heterocycles. The largest absolute Gasteiger partial charge is 0.508 e. The highest BCUT2D eigenvalue weighted by Gasteiger charge is 2.27. The maximum absolute atomic E-state index is 14.2. The molecule has 0 atom stereocenters. The van der Waals surface area contributed by atoms with Crippen LogP contribution in [0.15, 0.2) is 94.7 Å². The van der Waals surface area contributed by atoms with Gasteiger partial charge >= 0.3 is 0 Å². The lowest BCUT2D eigenvalue weighted by molar-refractivity contribution is 0.242. The van der Waals surface area contributed by atoms with Crippen LogP contribution in [0.2, 0.25) is 0 Å². The average molecular weight is 519 g/mol. The molecule has 0 saturated carbocycles. The molecular formula is C30H30O6S. The molecule has 0 amide bonds. The number of ether oxygens (including phenoxy) is 2. The molecule has 2 N–H and O–H groups in total. The van der Waals surface area contributed by atoms with Gasteiger partial charge in [-0.2, -0.15) is 0 Å². The average Bonchev–Trinajstić information content (AvgIpc) is 2.84. The van der Waals surface area contributed by atoms with E-state index in [1.54, 1.807) is 60.7 Å². The number of aromatic hydroxyl groups is 2. The Morgan fingerprint density at radius 1 is 0.568 bits per heavy atom. The molecule has 0 saturated heterocycles. The van der Waals surface area contributed by atoms with E-state index in [0.717, 1.165) is 0 Å². The van der Waals surface area contributed by atoms with E-state index in [1.807, 2.05) is 27.7 Å². The standard InChI is InChI=1S/C30H30O6S/c1-19(2)35-25-13-15-29(27(17-25)21-5-9-23(31)10-6-21)37(33,34)30-16-14-26(36-20(3)4)18-28(30)22-7-11-24(32)12-8-22/h5-20,31-32H,1-4H3. The Morgan fingerprint density at radius 3 is 1.24 bits per heavy atom. The molecule has 6 nitrogen and oxygen atoms in total. The molecule has 0 unspecified atom stereocenters. The van der Waals surface area contributed by atoms with Gasteiger partial charge in [-0.1, -0.05) is 24.3 Å². The van der Waals surface area contributed by atoms with Gasteiger partial charge in [-0.3, -0.25) is 0 Å². The number of rotatable bonds is 8. The molecule has 0 aliphatic carbocycles. The third kappa shape index (κ3) is 5.89.